The second-order valence-electron chi connectivity index (χ2n) is 4.84. The molecule has 1 rings (SSSR count). The Balaban J connectivity index is 3.10. The van der Waals surface area contributed by atoms with Crippen LogP contribution in [0.15, 0.2) is 12.3 Å². The molecular weight excluding hydrogens is 214 g/mol. The van der Waals surface area contributed by atoms with Crippen LogP contribution >= 0.6 is 0 Å². The van der Waals surface area contributed by atoms with Gasteiger partial charge in [-0.2, -0.15) is 0 Å². The molecule has 0 aliphatic carbocycles. The molecule has 0 aromatic carbocycles. The first-order valence-corrected chi connectivity index (χ1v) is 6.16. The Morgan fingerprint density at radius 1 is 1.41 bits per heavy atom. The predicted octanol–water partition coefficient (Wildman–Crippen LogP) is 2.52. The number of hydrogen-bond donors (Lipinski definition) is 1. The number of amides is 1. The highest BCUT2D eigenvalue weighted by Gasteiger charge is 2.21. The average molecular weight is 237 g/mol. The summed E-state index contributed by atoms with van der Waals surface area (Å²) in [5.74, 6) is 0.0490. The predicted molar refractivity (Wildman–Crippen MR) is 71.1 cm³/mol. The van der Waals surface area contributed by atoms with Crippen LogP contribution < -0.4 is 5.73 Å². The van der Waals surface area contributed by atoms with Gasteiger partial charge in [0.15, 0.2) is 0 Å². The highest BCUT2D eigenvalue weighted by atomic mass is 16.2. The van der Waals surface area contributed by atoms with E-state index in [-0.39, 0.29) is 18.0 Å². The van der Waals surface area contributed by atoms with Crippen molar-refractivity contribution in [3.8, 4) is 0 Å². The number of nitrogens with two attached hydrogens (primary N) is 1. The van der Waals surface area contributed by atoms with Gasteiger partial charge in [0.2, 0.25) is 0 Å². The summed E-state index contributed by atoms with van der Waals surface area (Å²) in [5, 5.41) is 0. The molecule has 0 spiro atoms. The quantitative estimate of drug-likeness (QED) is 0.874. The minimum absolute atomic E-state index is 0.0490. The lowest BCUT2D eigenvalue weighted by Gasteiger charge is -2.26. The topological polar surface area (TPSA) is 51.3 Å². The molecule has 0 bridgehead atoms. The number of carbonyl (C=O) groups is 1. The van der Waals surface area contributed by atoms with E-state index in [4.69, 9.17) is 5.73 Å². The van der Waals surface area contributed by atoms with Crippen molar-refractivity contribution in [2.75, 3.05) is 12.3 Å². The van der Waals surface area contributed by atoms with Gasteiger partial charge in [0, 0.05) is 24.8 Å². The van der Waals surface area contributed by atoms with Crippen molar-refractivity contribution >= 4 is 11.6 Å². The van der Waals surface area contributed by atoms with Crippen molar-refractivity contribution in [3.05, 3.63) is 18.0 Å². The first kappa shape index (κ1) is 13.6. The highest BCUT2D eigenvalue weighted by molar-refractivity contribution is 5.94. The lowest BCUT2D eigenvalue weighted by Crippen LogP contribution is -2.37. The van der Waals surface area contributed by atoms with Crippen molar-refractivity contribution in [1.29, 1.82) is 0 Å². The molecule has 0 fully saturated rings. The number of carbonyl (C=O) groups excluding carboxylic acids is 1. The van der Waals surface area contributed by atoms with E-state index in [0.29, 0.717) is 17.9 Å². The Bertz CT molecular complexity index is 393. The molecule has 1 heterocycles. The molecule has 17 heavy (non-hydrogen) atoms. The second kappa shape index (κ2) is 5.25. The number of anilines is 1. The third-order valence-corrected chi connectivity index (χ3v) is 2.87. The maximum Gasteiger partial charge on any atom is 0.270 e. The van der Waals surface area contributed by atoms with E-state index in [1.165, 1.54) is 0 Å². The van der Waals surface area contributed by atoms with E-state index in [1.54, 1.807) is 6.07 Å². The van der Waals surface area contributed by atoms with E-state index in [1.807, 2.05) is 50.3 Å². The molecule has 4 heteroatoms. The second-order valence-corrected chi connectivity index (χ2v) is 4.84. The molecule has 0 atom stereocenters. The Morgan fingerprint density at radius 3 is 2.41 bits per heavy atom. The molecule has 0 saturated carbocycles. The fourth-order valence-corrected chi connectivity index (χ4v) is 1.99. The summed E-state index contributed by atoms with van der Waals surface area (Å²) in [6.45, 7) is 10.8. The molecule has 4 nitrogen and oxygen atoms in total. The Kier molecular flexibility index (Phi) is 4.21. The van der Waals surface area contributed by atoms with Gasteiger partial charge in [-0.25, -0.2) is 0 Å². The normalized spacial score (nSPS) is 11.2. The van der Waals surface area contributed by atoms with Crippen molar-refractivity contribution < 1.29 is 4.79 Å². The molecule has 0 saturated heterocycles. The molecule has 1 amide bonds. The average Bonchev–Trinajstić information content (AvgIpc) is 2.60. The molecule has 1 aromatic rings. The molecular formula is C13H23N3O. The third-order valence-electron chi connectivity index (χ3n) is 2.87. The Morgan fingerprint density at radius 2 is 2.00 bits per heavy atom. The van der Waals surface area contributed by atoms with Gasteiger partial charge < -0.3 is 15.2 Å². The summed E-state index contributed by atoms with van der Waals surface area (Å²) in [6.07, 6.45) is 1.83. The zero-order valence-electron chi connectivity index (χ0n) is 11.4. The van der Waals surface area contributed by atoms with E-state index < -0.39 is 0 Å². The van der Waals surface area contributed by atoms with Crippen LogP contribution in [0.2, 0.25) is 0 Å². The monoisotopic (exact) mass is 237 g/mol. The molecule has 96 valence electrons. The summed E-state index contributed by atoms with van der Waals surface area (Å²) in [7, 11) is 0. The molecule has 0 aliphatic rings. The first-order chi connectivity index (χ1) is 7.88. The lowest BCUT2D eigenvalue weighted by atomic mass is 10.2. The van der Waals surface area contributed by atoms with Gasteiger partial charge in [0.05, 0.1) is 5.69 Å². The Labute approximate surface area is 103 Å². The zero-order chi connectivity index (χ0) is 13.2. The SMILES string of the molecule is CCN(C(=O)c1cc(N)cn1C(C)C)C(C)C. The van der Waals surface area contributed by atoms with Gasteiger partial charge in [-0.15, -0.1) is 0 Å². The van der Waals surface area contributed by atoms with Crippen LogP contribution in [0.4, 0.5) is 5.69 Å². The van der Waals surface area contributed by atoms with Gasteiger partial charge in [0.25, 0.3) is 5.91 Å². The number of aromatic nitrogens is 1. The van der Waals surface area contributed by atoms with Crippen LogP contribution in [-0.4, -0.2) is 28.0 Å². The maximum absolute atomic E-state index is 12.4. The fraction of sp³-hybridized carbons (Fsp3) is 0.615. The van der Waals surface area contributed by atoms with Gasteiger partial charge in [-0.3, -0.25) is 4.79 Å². The van der Waals surface area contributed by atoms with Crippen molar-refractivity contribution in [3.63, 3.8) is 0 Å². The summed E-state index contributed by atoms with van der Waals surface area (Å²) in [5.41, 5.74) is 7.10. The summed E-state index contributed by atoms with van der Waals surface area (Å²) < 4.78 is 1.93. The first-order valence-electron chi connectivity index (χ1n) is 6.16. The number of hydrogen-bond acceptors (Lipinski definition) is 2. The van der Waals surface area contributed by atoms with Gasteiger partial charge >= 0.3 is 0 Å². The van der Waals surface area contributed by atoms with E-state index >= 15 is 0 Å². The molecule has 1 aromatic heterocycles. The van der Waals surface area contributed by atoms with Crippen LogP contribution in [-0.2, 0) is 0 Å². The van der Waals surface area contributed by atoms with Crippen LogP contribution in [0.1, 0.15) is 51.1 Å². The van der Waals surface area contributed by atoms with Gasteiger partial charge in [-0.05, 0) is 40.7 Å². The van der Waals surface area contributed by atoms with Crippen LogP contribution in [0.25, 0.3) is 0 Å². The lowest BCUT2D eigenvalue weighted by molar-refractivity contribution is 0.0704. The van der Waals surface area contributed by atoms with Crippen LogP contribution in [0.5, 0.6) is 0 Å². The van der Waals surface area contributed by atoms with E-state index in [0.717, 1.165) is 0 Å². The number of nitrogen functional groups attached to an aromatic ring is 1. The third kappa shape index (κ3) is 2.81. The maximum atomic E-state index is 12.4. The smallest absolute Gasteiger partial charge is 0.270 e. The highest BCUT2D eigenvalue weighted by Crippen LogP contribution is 2.19. The summed E-state index contributed by atoms with van der Waals surface area (Å²) >= 11 is 0. The fourth-order valence-electron chi connectivity index (χ4n) is 1.99. The zero-order valence-corrected chi connectivity index (χ0v) is 11.4. The molecule has 0 radical (unpaired) electrons. The van der Waals surface area contributed by atoms with Crippen molar-refractivity contribution in [1.82, 2.24) is 9.47 Å². The summed E-state index contributed by atoms with van der Waals surface area (Å²) in [6, 6.07) is 2.19. The minimum Gasteiger partial charge on any atom is -0.397 e. The molecule has 0 unspecified atom stereocenters. The van der Waals surface area contributed by atoms with Gasteiger partial charge in [0.1, 0.15) is 5.69 Å². The molecule has 0 aliphatic heterocycles. The van der Waals surface area contributed by atoms with Crippen LogP contribution in [0.3, 0.4) is 0 Å². The van der Waals surface area contributed by atoms with E-state index in [2.05, 4.69) is 0 Å². The van der Waals surface area contributed by atoms with Crippen molar-refractivity contribution in [2.24, 2.45) is 0 Å². The summed E-state index contributed by atoms with van der Waals surface area (Å²) in [4.78, 5) is 14.2. The van der Waals surface area contributed by atoms with Gasteiger partial charge in [-0.1, -0.05) is 0 Å². The minimum atomic E-state index is 0.0490. The Hall–Kier alpha value is -1.45. The van der Waals surface area contributed by atoms with E-state index in [9.17, 15) is 4.79 Å². The number of rotatable bonds is 4. The van der Waals surface area contributed by atoms with Crippen molar-refractivity contribution in [2.45, 2.75) is 46.7 Å². The number of nitrogens with zero attached hydrogens (tertiary/aromatic N) is 2. The van der Waals surface area contributed by atoms with Crippen LogP contribution in [0, 0.1) is 0 Å². The molecule has 2 N–H and O–H groups in total. The largest absolute Gasteiger partial charge is 0.397 e. The standard InChI is InChI=1S/C13H23N3O/c1-6-15(9(2)3)13(17)12-7-11(14)8-16(12)10(4)5/h7-10H,6,14H2,1-5H3.